The molecule has 0 radical (unpaired) electrons. The Hall–Kier alpha value is -1.19. The maximum Gasteiger partial charge on any atom is 0.333 e. The minimum absolute atomic E-state index is 0.248. The van der Waals surface area contributed by atoms with Gasteiger partial charge in [0.15, 0.2) is 0 Å². The molecule has 0 amide bonds. The number of carbonyl (C=O) groups excluding carboxylic acids is 1. The van der Waals surface area contributed by atoms with Crippen LogP contribution >= 0.6 is 0 Å². The summed E-state index contributed by atoms with van der Waals surface area (Å²) in [6, 6.07) is 0. The van der Waals surface area contributed by atoms with Gasteiger partial charge in [0.25, 0.3) is 0 Å². The van der Waals surface area contributed by atoms with E-state index in [1.165, 1.54) is 0 Å². The van der Waals surface area contributed by atoms with E-state index in [-0.39, 0.29) is 12.6 Å². The summed E-state index contributed by atoms with van der Waals surface area (Å²) in [6.45, 7) is 20.0. The number of ether oxygens (including phenoxy) is 10. The van der Waals surface area contributed by atoms with Crippen LogP contribution in [0, 0.1) is 0 Å². The van der Waals surface area contributed by atoms with Gasteiger partial charge in [0.2, 0.25) is 0 Å². The molecule has 0 spiro atoms. The van der Waals surface area contributed by atoms with E-state index in [1.54, 1.807) is 6.92 Å². The Bertz CT molecular complexity index is 772. The predicted octanol–water partition coefficient (Wildman–Crippen LogP) is 8.05. The zero-order valence-corrected chi connectivity index (χ0v) is 35.9. The first kappa shape index (κ1) is 54.8. The number of aliphatic hydroxyl groups excluding tert-OH is 1. The van der Waals surface area contributed by atoms with Crippen molar-refractivity contribution in [3.63, 3.8) is 0 Å². The molecule has 0 aliphatic carbocycles. The fraction of sp³-hybridized carbons (Fsp3) is 0.932. The van der Waals surface area contributed by atoms with Crippen molar-refractivity contribution in [2.45, 2.75) is 135 Å². The third-order valence-electron chi connectivity index (χ3n) is 8.58. The molecule has 1 N–H and O–H groups in total. The van der Waals surface area contributed by atoms with E-state index >= 15 is 0 Å². The first-order valence-corrected chi connectivity index (χ1v) is 22.3. The molecule has 0 aromatic carbocycles. The van der Waals surface area contributed by atoms with Gasteiger partial charge in [-0.1, -0.05) is 6.58 Å². The normalized spacial score (nSPS) is 11.5. The lowest BCUT2D eigenvalue weighted by Gasteiger charge is -2.08. The SMILES string of the molecule is C=C(C)C(=O)OCCCCOCCCCOCCCCOCCCCOCCCCOCCCCOCCCCOCCCCOCCCCOCCCCO. The maximum atomic E-state index is 11.3. The van der Waals surface area contributed by atoms with Gasteiger partial charge in [-0.15, -0.1) is 0 Å². The fourth-order valence-electron chi connectivity index (χ4n) is 5.09. The molecule has 0 rings (SSSR count). The summed E-state index contributed by atoms with van der Waals surface area (Å²) in [7, 11) is 0. The van der Waals surface area contributed by atoms with E-state index in [2.05, 4.69) is 6.58 Å². The topological polar surface area (TPSA) is 130 Å². The van der Waals surface area contributed by atoms with Crippen LogP contribution in [0.2, 0.25) is 0 Å². The minimum atomic E-state index is -0.323. The van der Waals surface area contributed by atoms with Crippen LogP contribution < -0.4 is 0 Å². The van der Waals surface area contributed by atoms with E-state index in [9.17, 15) is 4.79 Å². The number of aliphatic hydroxyl groups is 1. The summed E-state index contributed by atoms with van der Waals surface area (Å²) in [5.41, 5.74) is 0.436. The van der Waals surface area contributed by atoms with Crippen molar-refractivity contribution < 1.29 is 57.3 Å². The Morgan fingerprint density at radius 1 is 0.321 bits per heavy atom. The molecule has 0 atom stereocenters. The molecule has 12 heteroatoms. The highest BCUT2D eigenvalue weighted by atomic mass is 16.5. The summed E-state index contributed by atoms with van der Waals surface area (Å²) >= 11 is 0. The fourth-order valence-corrected chi connectivity index (χ4v) is 5.09. The second-order valence-electron chi connectivity index (χ2n) is 14.2. The van der Waals surface area contributed by atoms with Gasteiger partial charge in [0.05, 0.1) is 6.61 Å². The van der Waals surface area contributed by atoms with Crippen LogP contribution in [0.5, 0.6) is 0 Å². The molecule has 0 aromatic heterocycles. The average molecular weight is 807 g/mol. The third-order valence-corrected chi connectivity index (χ3v) is 8.58. The highest BCUT2D eigenvalue weighted by Gasteiger charge is 2.02. The molecule has 0 saturated heterocycles. The van der Waals surface area contributed by atoms with Crippen molar-refractivity contribution in [1.29, 1.82) is 0 Å². The van der Waals surface area contributed by atoms with E-state index < -0.39 is 0 Å². The summed E-state index contributed by atoms with van der Waals surface area (Å²) in [5, 5.41) is 8.73. The van der Waals surface area contributed by atoms with Gasteiger partial charge < -0.3 is 52.5 Å². The molecule has 0 unspecified atom stereocenters. The first-order valence-electron chi connectivity index (χ1n) is 22.3. The summed E-state index contributed by atoms with van der Waals surface area (Å²) in [6.07, 6.45) is 20.0. The number of carbonyl (C=O) groups is 1. The first-order chi connectivity index (χ1) is 27.7. The van der Waals surface area contributed by atoms with Crippen molar-refractivity contribution in [1.82, 2.24) is 0 Å². The molecule has 0 aromatic rings. The largest absolute Gasteiger partial charge is 0.462 e. The molecule has 0 heterocycles. The van der Waals surface area contributed by atoms with Gasteiger partial charge in [-0.05, 0) is 135 Å². The van der Waals surface area contributed by atoms with Crippen LogP contribution in [0.1, 0.15) is 135 Å². The predicted molar refractivity (Wildman–Crippen MR) is 223 cm³/mol. The van der Waals surface area contributed by atoms with Crippen LogP contribution in [0.15, 0.2) is 12.2 Å². The quantitative estimate of drug-likeness (QED) is 0.0363. The summed E-state index contributed by atoms with van der Waals surface area (Å²) in [5.74, 6) is -0.323. The van der Waals surface area contributed by atoms with Crippen LogP contribution in [-0.2, 0) is 52.2 Å². The molecule has 0 fully saturated rings. The van der Waals surface area contributed by atoms with Crippen molar-refractivity contribution in [3.05, 3.63) is 12.2 Å². The monoisotopic (exact) mass is 807 g/mol. The van der Waals surface area contributed by atoms with E-state index in [4.69, 9.17) is 52.5 Å². The van der Waals surface area contributed by atoms with Gasteiger partial charge in [0, 0.05) is 131 Å². The highest BCUT2D eigenvalue weighted by Crippen LogP contribution is 2.02. The van der Waals surface area contributed by atoms with Crippen molar-refractivity contribution in [2.75, 3.05) is 132 Å². The van der Waals surface area contributed by atoms with Crippen LogP contribution in [0.25, 0.3) is 0 Å². The van der Waals surface area contributed by atoms with E-state index in [1.807, 2.05) is 0 Å². The molecular weight excluding hydrogens is 720 g/mol. The standard InChI is InChI=1S/C44H86O12/c1-43(2)44(46)56-42-22-21-41-55-40-20-19-39-54-38-18-17-37-53-36-16-15-35-52-34-14-13-33-51-32-12-11-31-50-30-10-9-29-49-28-8-7-27-48-26-6-5-25-47-24-4-3-23-45/h45H,1,3-42H2,2H3. The van der Waals surface area contributed by atoms with Crippen molar-refractivity contribution >= 4 is 5.97 Å². The number of rotatable bonds is 50. The lowest BCUT2D eigenvalue weighted by Crippen LogP contribution is -2.07. The Morgan fingerprint density at radius 3 is 0.643 bits per heavy atom. The van der Waals surface area contributed by atoms with Crippen LogP contribution in [0.4, 0.5) is 0 Å². The Labute approximate surface area is 342 Å². The maximum absolute atomic E-state index is 11.3. The Balaban J connectivity index is 3.07. The van der Waals surface area contributed by atoms with Crippen molar-refractivity contribution in [2.24, 2.45) is 0 Å². The number of hydrogen-bond acceptors (Lipinski definition) is 12. The van der Waals surface area contributed by atoms with Crippen LogP contribution in [0.3, 0.4) is 0 Å². The van der Waals surface area contributed by atoms with Crippen LogP contribution in [-0.4, -0.2) is 143 Å². The molecule has 56 heavy (non-hydrogen) atoms. The van der Waals surface area contributed by atoms with Gasteiger partial charge >= 0.3 is 5.97 Å². The second kappa shape index (κ2) is 50.0. The van der Waals surface area contributed by atoms with Gasteiger partial charge in [-0.2, -0.15) is 0 Å². The Kier molecular flexibility index (Phi) is 48.9. The lowest BCUT2D eigenvalue weighted by molar-refractivity contribution is -0.139. The molecule has 334 valence electrons. The summed E-state index contributed by atoms with van der Waals surface area (Å²) in [4.78, 5) is 11.3. The molecule has 0 aliphatic heterocycles. The number of unbranched alkanes of at least 4 members (excludes halogenated alkanes) is 10. The Morgan fingerprint density at radius 2 is 0.482 bits per heavy atom. The molecule has 0 saturated carbocycles. The zero-order valence-electron chi connectivity index (χ0n) is 35.9. The molecule has 12 nitrogen and oxygen atoms in total. The van der Waals surface area contributed by atoms with E-state index in [0.717, 1.165) is 241 Å². The highest BCUT2D eigenvalue weighted by molar-refractivity contribution is 5.86. The minimum Gasteiger partial charge on any atom is -0.462 e. The smallest absolute Gasteiger partial charge is 0.333 e. The van der Waals surface area contributed by atoms with Gasteiger partial charge in [-0.3, -0.25) is 0 Å². The molecule has 0 aliphatic rings. The zero-order chi connectivity index (χ0) is 40.5. The average Bonchev–Trinajstić information content (AvgIpc) is 3.20. The molecule has 0 bridgehead atoms. The molecular formula is C44H86O12. The third kappa shape index (κ3) is 49.0. The number of esters is 1. The number of hydrogen-bond donors (Lipinski definition) is 1. The van der Waals surface area contributed by atoms with Gasteiger partial charge in [0.1, 0.15) is 0 Å². The van der Waals surface area contributed by atoms with Gasteiger partial charge in [-0.25, -0.2) is 4.79 Å². The second-order valence-corrected chi connectivity index (χ2v) is 14.2. The van der Waals surface area contributed by atoms with Crippen molar-refractivity contribution in [3.8, 4) is 0 Å². The summed E-state index contributed by atoms with van der Waals surface area (Å²) < 4.78 is 56.3. The lowest BCUT2D eigenvalue weighted by atomic mass is 10.3. The van der Waals surface area contributed by atoms with E-state index in [0.29, 0.717) is 18.8 Å².